The second-order valence-corrected chi connectivity index (χ2v) is 11.1. The van der Waals surface area contributed by atoms with Crippen LogP contribution in [-0.2, 0) is 28.6 Å². The van der Waals surface area contributed by atoms with Crippen molar-refractivity contribution in [2.75, 3.05) is 19.8 Å². The van der Waals surface area contributed by atoms with Gasteiger partial charge in [-0.2, -0.15) is 0 Å². The van der Waals surface area contributed by atoms with Crippen LogP contribution in [-0.4, -0.2) is 37.7 Å². The summed E-state index contributed by atoms with van der Waals surface area (Å²) in [6, 6.07) is 0. The molecule has 0 fully saturated rings. The molecule has 210 valence electrons. The van der Waals surface area contributed by atoms with E-state index in [1.807, 2.05) is 0 Å². The van der Waals surface area contributed by atoms with E-state index >= 15 is 0 Å². The third-order valence-electron chi connectivity index (χ3n) is 5.91. The highest BCUT2D eigenvalue weighted by molar-refractivity contribution is 5.99. The van der Waals surface area contributed by atoms with E-state index in [2.05, 4.69) is 41.5 Å². The third kappa shape index (κ3) is 22.6. The Labute approximate surface area is 220 Å². The molecule has 0 aromatic rings. The maximum Gasteiger partial charge on any atom is 0.334 e. The Bertz CT molecular complexity index is 621. The summed E-state index contributed by atoms with van der Waals surface area (Å²) >= 11 is 0. The lowest BCUT2D eigenvalue weighted by molar-refractivity contribution is -0.146. The maximum atomic E-state index is 12.6. The SMILES string of the molecule is CC(C)CCCCCOC(=O)/C=C(\CC(=O)OCCCCCC(C)C)C(=O)OCCCCCC(C)C. The molecule has 0 aromatic carbocycles. The molecule has 0 radical (unpaired) electrons. The molecule has 0 aliphatic carbocycles. The molecule has 0 rings (SSSR count). The first-order chi connectivity index (χ1) is 17.1. The summed E-state index contributed by atoms with van der Waals surface area (Å²) in [5.41, 5.74) is -0.00760. The molecule has 0 aromatic heterocycles. The van der Waals surface area contributed by atoms with Gasteiger partial charge < -0.3 is 14.2 Å². The molecule has 6 heteroatoms. The second kappa shape index (κ2) is 22.4. The average Bonchev–Trinajstić information content (AvgIpc) is 2.79. The first kappa shape index (κ1) is 34.1. The molecule has 0 aliphatic heterocycles. The fraction of sp³-hybridized carbons (Fsp3) is 0.833. The van der Waals surface area contributed by atoms with E-state index in [0.717, 1.165) is 83.1 Å². The number of hydrogen-bond donors (Lipinski definition) is 0. The van der Waals surface area contributed by atoms with Crippen molar-refractivity contribution < 1.29 is 28.6 Å². The molecule has 0 spiro atoms. The number of unbranched alkanes of at least 4 members (excludes halogenated alkanes) is 6. The van der Waals surface area contributed by atoms with Gasteiger partial charge in [0.25, 0.3) is 0 Å². The summed E-state index contributed by atoms with van der Waals surface area (Å²) in [4.78, 5) is 37.2. The summed E-state index contributed by atoms with van der Waals surface area (Å²) in [6.07, 6.45) is 12.8. The Balaban J connectivity index is 4.64. The van der Waals surface area contributed by atoms with E-state index in [9.17, 15) is 14.4 Å². The van der Waals surface area contributed by atoms with Crippen LogP contribution in [0.3, 0.4) is 0 Å². The van der Waals surface area contributed by atoms with E-state index in [-0.39, 0.29) is 18.6 Å². The van der Waals surface area contributed by atoms with Crippen molar-refractivity contribution in [3.8, 4) is 0 Å². The van der Waals surface area contributed by atoms with Gasteiger partial charge in [-0.3, -0.25) is 4.79 Å². The summed E-state index contributed by atoms with van der Waals surface area (Å²) in [5, 5.41) is 0. The fourth-order valence-corrected chi connectivity index (χ4v) is 3.68. The number of carbonyl (C=O) groups is 3. The van der Waals surface area contributed by atoms with Crippen LogP contribution in [0.4, 0.5) is 0 Å². The zero-order chi connectivity index (χ0) is 27.2. The lowest BCUT2D eigenvalue weighted by Gasteiger charge is -2.10. The Morgan fingerprint density at radius 2 is 0.972 bits per heavy atom. The van der Waals surface area contributed by atoms with E-state index < -0.39 is 17.9 Å². The molecule has 0 heterocycles. The third-order valence-corrected chi connectivity index (χ3v) is 5.91. The Kier molecular flexibility index (Phi) is 21.2. The van der Waals surface area contributed by atoms with Gasteiger partial charge in [0.1, 0.15) is 0 Å². The zero-order valence-corrected chi connectivity index (χ0v) is 24.1. The van der Waals surface area contributed by atoms with Crippen molar-refractivity contribution in [2.45, 2.75) is 125 Å². The van der Waals surface area contributed by atoms with Crippen molar-refractivity contribution in [1.82, 2.24) is 0 Å². The normalized spacial score (nSPS) is 11.9. The second-order valence-electron chi connectivity index (χ2n) is 11.1. The number of carbonyl (C=O) groups excluding carboxylic acids is 3. The summed E-state index contributed by atoms with van der Waals surface area (Å²) < 4.78 is 15.9. The van der Waals surface area contributed by atoms with Gasteiger partial charge in [0.15, 0.2) is 0 Å². The van der Waals surface area contributed by atoms with Crippen LogP contribution in [0.1, 0.15) is 125 Å². The molecule has 0 saturated carbocycles. The van der Waals surface area contributed by atoms with E-state index in [1.165, 1.54) is 0 Å². The van der Waals surface area contributed by atoms with E-state index in [0.29, 0.717) is 31.0 Å². The van der Waals surface area contributed by atoms with Crippen LogP contribution in [0, 0.1) is 17.8 Å². The number of ether oxygens (including phenoxy) is 3. The Hall–Kier alpha value is -1.85. The summed E-state index contributed by atoms with van der Waals surface area (Å²) in [6.45, 7) is 14.0. The van der Waals surface area contributed by atoms with Crippen LogP contribution >= 0.6 is 0 Å². The highest BCUT2D eigenvalue weighted by Gasteiger charge is 2.19. The van der Waals surface area contributed by atoms with Gasteiger partial charge >= 0.3 is 17.9 Å². The van der Waals surface area contributed by atoms with E-state index in [1.54, 1.807) is 0 Å². The first-order valence-corrected chi connectivity index (χ1v) is 14.3. The molecule has 0 N–H and O–H groups in total. The van der Waals surface area contributed by atoms with Crippen molar-refractivity contribution in [1.29, 1.82) is 0 Å². The van der Waals surface area contributed by atoms with Gasteiger partial charge in [0.2, 0.25) is 0 Å². The molecule has 0 bridgehead atoms. The Morgan fingerprint density at radius 3 is 1.42 bits per heavy atom. The van der Waals surface area contributed by atoms with E-state index in [4.69, 9.17) is 14.2 Å². The number of rotatable bonds is 22. The van der Waals surface area contributed by atoms with Gasteiger partial charge in [0, 0.05) is 6.08 Å². The molecular weight excluding hydrogens is 456 g/mol. The molecule has 0 amide bonds. The van der Waals surface area contributed by atoms with Crippen molar-refractivity contribution >= 4 is 17.9 Å². The van der Waals surface area contributed by atoms with Crippen LogP contribution in [0.25, 0.3) is 0 Å². The summed E-state index contributed by atoms with van der Waals surface area (Å²) in [7, 11) is 0. The molecule has 36 heavy (non-hydrogen) atoms. The Morgan fingerprint density at radius 1 is 0.556 bits per heavy atom. The monoisotopic (exact) mass is 510 g/mol. The minimum Gasteiger partial charge on any atom is -0.465 e. The zero-order valence-electron chi connectivity index (χ0n) is 24.1. The minimum atomic E-state index is -0.651. The smallest absolute Gasteiger partial charge is 0.334 e. The molecule has 0 saturated heterocycles. The predicted octanol–water partition coefficient (Wildman–Crippen LogP) is 7.58. The van der Waals surface area contributed by atoms with Crippen molar-refractivity contribution in [3.63, 3.8) is 0 Å². The summed E-state index contributed by atoms with van der Waals surface area (Å²) in [5.74, 6) is 0.191. The lowest BCUT2D eigenvalue weighted by atomic mass is 10.1. The quantitative estimate of drug-likeness (QED) is 0.0646. The fourth-order valence-electron chi connectivity index (χ4n) is 3.68. The molecule has 0 aliphatic rings. The largest absolute Gasteiger partial charge is 0.465 e. The molecule has 6 nitrogen and oxygen atoms in total. The topological polar surface area (TPSA) is 78.9 Å². The van der Waals surface area contributed by atoms with Crippen molar-refractivity contribution in [2.24, 2.45) is 17.8 Å². The van der Waals surface area contributed by atoms with Gasteiger partial charge in [-0.1, -0.05) is 99.3 Å². The lowest BCUT2D eigenvalue weighted by Crippen LogP contribution is -2.17. The highest BCUT2D eigenvalue weighted by atomic mass is 16.5. The van der Waals surface area contributed by atoms with Gasteiger partial charge in [0.05, 0.1) is 31.8 Å². The van der Waals surface area contributed by atoms with Crippen LogP contribution in [0.5, 0.6) is 0 Å². The number of esters is 3. The first-order valence-electron chi connectivity index (χ1n) is 14.3. The predicted molar refractivity (Wildman–Crippen MR) is 145 cm³/mol. The van der Waals surface area contributed by atoms with Crippen LogP contribution < -0.4 is 0 Å². The van der Waals surface area contributed by atoms with Crippen LogP contribution in [0.2, 0.25) is 0 Å². The van der Waals surface area contributed by atoms with Gasteiger partial charge in [-0.15, -0.1) is 0 Å². The van der Waals surface area contributed by atoms with Gasteiger partial charge in [-0.05, 0) is 37.0 Å². The number of hydrogen-bond acceptors (Lipinski definition) is 6. The average molecular weight is 511 g/mol. The highest BCUT2D eigenvalue weighted by Crippen LogP contribution is 2.13. The molecular formula is C30H54O6. The minimum absolute atomic E-state index is 0.00760. The molecule has 0 atom stereocenters. The van der Waals surface area contributed by atoms with Crippen LogP contribution in [0.15, 0.2) is 11.6 Å². The molecule has 0 unspecified atom stereocenters. The standard InChI is InChI=1S/C30H54O6/c1-24(2)16-10-7-13-19-34-28(31)22-27(30(33)36-21-15-9-12-18-26(5)6)23-29(32)35-20-14-8-11-17-25(3)4/h22,24-26H,7-21,23H2,1-6H3/b27-22+. The maximum absolute atomic E-state index is 12.6. The van der Waals surface area contributed by atoms with Crippen molar-refractivity contribution in [3.05, 3.63) is 11.6 Å². The van der Waals surface area contributed by atoms with Gasteiger partial charge in [-0.25, -0.2) is 9.59 Å².